The Labute approximate surface area is 149 Å². The van der Waals surface area contributed by atoms with Gasteiger partial charge < -0.3 is 10.6 Å². The number of nitrogens with one attached hydrogen (secondary N) is 2. The first-order chi connectivity index (χ1) is 12.0. The van der Waals surface area contributed by atoms with Gasteiger partial charge in [-0.2, -0.15) is 5.26 Å². The number of carbonyl (C=O) groups is 1. The van der Waals surface area contributed by atoms with Crippen LogP contribution in [0.3, 0.4) is 0 Å². The maximum atomic E-state index is 13.7. The zero-order chi connectivity index (χ0) is 18.0. The number of hydrogen-bond acceptors (Lipinski definition) is 5. The normalized spacial score (nSPS) is 10.5. The van der Waals surface area contributed by atoms with Gasteiger partial charge in [0.2, 0.25) is 0 Å². The molecule has 25 heavy (non-hydrogen) atoms. The summed E-state index contributed by atoms with van der Waals surface area (Å²) in [6.07, 6.45) is 0. The number of amides is 2. The highest BCUT2D eigenvalue weighted by molar-refractivity contribution is 7.18. The molecule has 2 N–H and O–H groups in total. The lowest BCUT2D eigenvalue weighted by Crippen LogP contribution is -2.29. The van der Waals surface area contributed by atoms with Gasteiger partial charge in [0, 0.05) is 0 Å². The Morgan fingerprint density at radius 1 is 1.28 bits per heavy atom. The maximum absolute atomic E-state index is 13.7. The highest BCUT2D eigenvalue weighted by Gasteiger charge is 2.14. The molecule has 2 amide bonds. The third kappa shape index (κ3) is 3.81. The van der Waals surface area contributed by atoms with Gasteiger partial charge in [-0.15, -0.1) is 0 Å². The van der Waals surface area contributed by atoms with Gasteiger partial charge in [-0.05, 0) is 24.3 Å². The van der Waals surface area contributed by atoms with Crippen molar-refractivity contribution in [3.8, 4) is 6.07 Å². The molecule has 0 aliphatic heterocycles. The molecule has 0 radical (unpaired) electrons. The molecule has 3 rings (SSSR count). The van der Waals surface area contributed by atoms with Crippen LogP contribution in [-0.2, 0) is 6.54 Å². The number of carbonyl (C=O) groups excluding carboxylic acids is 1. The SMILES string of the molecule is N#Cc1cc(F)c(NC(=O)NCc2nc3ccc(Cl)nc3s2)c(F)c1. The Morgan fingerprint density at radius 3 is 2.68 bits per heavy atom. The summed E-state index contributed by atoms with van der Waals surface area (Å²) in [5.41, 5.74) is -0.174. The van der Waals surface area contributed by atoms with Gasteiger partial charge in [-0.3, -0.25) is 0 Å². The summed E-state index contributed by atoms with van der Waals surface area (Å²) in [5.74, 6) is -2.07. The Hall–Kier alpha value is -2.83. The predicted octanol–water partition coefficient (Wildman–Crippen LogP) is 3.82. The van der Waals surface area contributed by atoms with E-state index in [0.717, 1.165) is 12.1 Å². The van der Waals surface area contributed by atoms with E-state index in [9.17, 15) is 13.6 Å². The summed E-state index contributed by atoms with van der Waals surface area (Å²) in [6.45, 7) is 0.0456. The van der Waals surface area contributed by atoms with Crippen LogP contribution >= 0.6 is 22.9 Å². The Balaban J connectivity index is 1.67. The molecule has 0 aliphatic rings. The lowest BCUT2D eigenvalue weighted by Gasteiger charge is -2.08. The van der Waals surface area contributed by atoms with Crippen molar-refractivity contribution >= 4 is 45.0 Å². The summed E-state index contributed by atoms with van der Waals surface area (Å²) >= 11 is 7.03. The van der Waals surface area contributed by atoms with Crippen LogP contribution in [0.25, 0.3) is 10.3 Å². The van der Waals surface area contributed by atoms with E-state index in [0.29, 0.717) is 20.5 Å². The third-order valence-corrected chi connectivity index (χ3v) is 4.25. The van der Waals surface area contributed by atoms with Crippen molar-refractivity contribution in [2.24, 2.45) is 0 Å². The molecule has 0 atom stereocenters. The summed E-state index contributed by atoms with van der Waals surface area (Å²) in [7, 11) is 0. The van der Waals surface area contributed by atoms with Gasteiger partial charge in [0.1, 0.15) is 26.2 Å². The number of nitrogens with zero attached hydrogens (tertiary/aromatic N) is 3. The largest absolute Gasteiger partial charge is 0.331 e. The molecule has 6 nitrogen and oxygen atoms in total. The molecule has 3 aromatic rings. The molecule has 1 aromatic carbocycles. The number of pyridine rings is 1. The molecule has 0 aliphatic carbocycles. The molecule has 0 fully saturated rings. The Kier molecular flexibility index (Phi) is 4.74. The number of fused-ring (bicyclic) bond motifs is 1. The summed E-state index contributed by atoms with van der Waals surface area (Å²) in [4.78, 5) is 20.8. The highest BCUT2D eigenvalue weighted by atomic mass is 35.5. The van der Waals surface area contributed by atoms with Gasteiger partial charge >= 0.3 is 6.03 Å². The molecule has 10 heteroatoms. The van der Waals surface area contributed by atoms with E-state index in [1.807, 2.05) is 0 Å². The van der Waals surface area contributed by atoms with E-state index in [-0.39, 0.29) is 12.1 Å². The molecule has 2 aromatic heterocycles. The monoisotopic (exact) mass is 379 g/mol. The number of nitriles is 1. The topological polar surface area (TPSA) is 90.7 Å². The van der Waals surface area contributed by atoms with Crippen molar-refractivity contribution in [1.82, 2.24) is 15.3 Å². The van der Waals surface area contributed by atoms with Crippen LogP contribution in [0, 0.1) is 23.0 Å². The number of thiazole rings is 1. The van der Waals surface area contributed by atoms with Gasteiger partial charge in [0.05, 0.1) is 18.2 Å². The van der Waals surface area contributed by atoms with E-state index in [1.165, 1.54) is 11.3 Å². The first-order valence-electron chi connectivity index (χ1n) is 6.82. The number of aromatic nitrogens is 2. The van der Waals surface area contributed by atoms with E-state index >= 15 is 0 Å². The summed E-state index contributed by atoms with van der Waals surface area (Å²) < 4.78 is 27.5. The van der Waals surface area contributed by atoms with Crippen LogP contribution in [0.5, 0.6) is 0 Å². The van der Waals surface area contributed by atoms with Crippen LogP contribution < -0.4 is 10.6 Å². The van der Waals surface area contributed by atoms with Crippen LogP contribution in [0.15, 0.2) is 24.3 Å². The number of halogens is 3. The maximum Gasteiger partial charge on any atom is 0.319 e. The molecular weight excluding hydrogens is 372 g/mol. The van der Waals surface area contributed by atoms with Crippen molar-refractivity contribution in [1.29, 1.82) is 5.26 Å². The van der Waals surface area contributed by atoms with Gasteiger partial charge in [-0.1, -0.05) is 22.9 Å². The van der Waals surface area contributed by atoms with E-state index in [1.54, 1.807) is 18.2 Å². The average molecular weight is 380 g/mol. The molecule has 0 saturated carbocycles. The van der Waals surface area contributed by atoms with Crippen molar-refractivity contribution in [3.63, 3.8) is 0 Å². The van der Waals surface area contributed by atoms with Crippen LogP contribution in [0.4, 0.5) is 19.3 Å². The minimum atomic E-state index is -1.04. The van der Waals surface area contributed by atoms with Crippen LogP contribution in [0.1, 0.15) is 10.6 Å². The van der Waals surface area contributed by atoms with Gasteiger partial charge in [-0.25, -0.2) is 23.5 Å². The molecule has 0 spiro atoms. The molecular formula is C15H8ClF2N5OS. The first kappa shape index (κ1) is 17.0. The highest BCUT2D eigenvalue weighted by Crippen LogP contribution is 2.22. The molecule has 126 valence electrons. The second kappa shape index (κ2) is 6.96. The first-order valence-corrected chi connectivity index (χ1v) is 8.01. The lowest BCUT2D eigenvalue weighted by atomic mass is 10.2. The quantitative estimate of drug-likeness (QED) is 0.677. The second-order valence-electron chi connectivity index (χ2n) is 4.80. The minimum Gasteiger partial charge on any atom is -0.331 e. The average Bonchev–Trinajstić information content (AvgIpc) is 2.98. The van der Waals surface area contributed by atoms with E-state index < -0.39 is 23.4 Å². The Morgan fingerprint density at radius 2 is 2.00 bits per heavy atom. The number of urea groups is 1. The second-order valence-corrected chi connectivity index (χ2v) is 6.25. The van der Waals surface area contributed by atoms with Crippen molar-refractivity contribution in [2.45, 2.75) is 6.54 Å². The molecule has 0 unspecified atom stereocenters. The van der Waals surface area contributed by atoms with Crippen molar-refractivity contribution < 1.29 is 13.6 Å². The minimum absolute atomic E-state index is 0.0456. The zero-order valence-electron chi connectivity index (χ0n) is 12.3. The standard InChI is InChI=1S/C15H8ClF2N5OS/c16-11-2-1-10-14(22-11)25-12(21-10)6-20-15(24)23-13-8(17)3-7(5-19)4-9(13)18/h1-4H,6H2,(H2,20,23,24). The van der Waals surface area contributed by atoms with Crippen LogP contribution in [-0.4, -0.2) is 16.0 Å². The fraction of sp³-hybridized carbons (Fsp3) is 0.0667. The smallest absolute Gasteiger partial charge is 0.319 e. The summed E-state index contributed by atoms with van der Waals surface area (Å²) in [6, 6.07) is 5.78. The fourth-order valence-corrected chi connectivity index (χ4v) is 3.06. The van der Waals surface area contributed by atoms with E-state index in [2.05, 4.69) is 20.6 Å². The van der Waals surface area contributed by atoms with Crippen molar-refractivity contribution in [2.75, 3.05) is 5.32 Å². The fourth-order valence-electron chi connectivity index (χ4n) is 1.99. The van der Waals surface area contributed by atoms with E-state index in [4.69, 9.17) is 16.9 Å². The van der Waals surface area contributed by atoms with Gasteiger partial charge in [0.15, 0.2) is 11.6 Å². The summed E-state index contributed by atoms with van der Waals surface area (Å²) in [5, 5.41) is 14.1. The van der Waals surface area contributed by atoms with Crippen molar-refractivity contribution in [3.05, 3.63) is 51.6 Å². The molecule has 2 heterocycles. The Bertz CT molecular complexity index is 994. The number of benzene rings is 1. The molecule has 0 bridgehead atoms. The van der Waals surface area contributed by atoms with Gasteiger partial charge in [0.25, 0.3) is 0 Å². The number of rotatable bonds is 3. The molecule has 0 saturated heterocycles. The lowest BCUT2D eigenvalue weighted by molar-refractivity contribution is 0.251. The number of anilines is 1. The predicted molar refractivity (Wildman–Crippen MR) is 89.4 cm³/mol. The zero-order valence-corrected chi connectivity index (χ0v) is 13.9. The van der Waals surface area contributed by atoms with Crippen LogP contribution in [0.2, 0.25) is 5.15 Å². The number of hydrogen-bond donors (Lipinski definition) is 2. The third-order valence-electron chi connectivity index (χ3n) is 3.08.